The largest absolute Gasteiger partial charge is 0.410 e. The van der Waals surface area contributed by atoms with E-state index >= 15 is 0 Å². The molecule has 3 aromatic rings. The van der Waals surface area contributed by atoms with Crippen molar-refractivity contribution in [3.63, 3.8) is 0 Å². The minimum atomic E-state index is -0.300. The molecule has 2 amide bonds. The molecule has 0 fully saturated rings. The zero-order chi connectivity index (χ0) is 18.8. The summed E-state index contributed by atoms with van der Waals surface area (Å²) in [6.07, 6.45) is 3.23. The number of oxime groups is 1. The van der Waals surface area contributed by atoms with Crippen LogP contribution in [0.5, 0.6) is 0 Å². The van der Waals surface area contributed by atoms with Crippen LogP contribution in [0, 0.1) is 0 Å². The summed E-state index contributed by atoms with van der Waals surface area (Å²) in [6, 6.07) is 17.5. The average Bonchev–Trinajstić information content (AvgIpc) is 2.95. The van der Waals surface area contributed by atoms with Crippen molar-refractivity contribution >= 4 is 17.5 Å². The van der Waals surface area contributed by atoms with Crippen LogP contribution >= 0.6 is 0 Å². The molecule has 0 saturated heterocycles. The smallest absolute Gasteiger partial charge is 0.261 e. The van der Waals surface area contributed by atoms with Gasteiger partial charge in [0.05, 0.1) is 17.7 Å². The summed E-state index contributed by atoms with van der Waals surface area (Å²) in [7, 11) is 0. The second-order valence-electron chi connectivity index (χ2n) is 6.13. The first-order valence-electron chi connectivity index (χ1n) is 8.36. The first-order chi connectivity index (χ1) is 13.2. The van der Waals surface area contributed by atoms with Crippen LogP contribution in [0.25, 0.3) is 0 Å². The van der Waals surface area contributed by atoms with Gasteiger partial charge in [-0.05, 0) is 35.9 Å². The van der Waals surface area contributed by atoms with Crippen LogP contribution in [0.4, 0.5) is 0 Å². The molecule has 0 aliphatic carbocycles. The topological polar surface area (TPSA) is 82.9 Å². The summed E-state index contributed by atoms with van der Waals surface area (Å²) < 4.78 is 0. The predicted octanol–water partition coefficient (Wildman–Crippen LogP) is 3.10. The van der Waals surface area contributed by atoms with Gasteiger partial charge in [-0.3, -0.25) is 19.5 Å². The fraction of sp³-hybridized carbons (Fsp3) is 0.0476. The predicted molar refractivity (Wildman–Crippen MR) is 98.8 cm³/mol. The number of pyridine rings is 1. The van der Waals surface area contributed by atoms with Crippen LogP contribution in [-0.2, 0) is 6.54 Å². The number of benzene rings is 2. The lowest BCUT2D eigenvalue weighted by molar-refractivity contribution is 0.0642. The number of imide groups is 1. The highest BCUT2D eigenvalue weighted by Crippen LogP contribution is 2.24. The van der Waals surface area contributed by atoms with E-state index in [9.17, 15) is 14.8 Å². The van der Waals surface area contributed by atoms with Crippen LogP contribution in [-0.4, -0.2) is 32.6 Å². The number of hydrogen-bond donors (Lipinski definition) is 1. The first kappa shape index (κ1) is 16.7. The summed E-state index contributed by atoms with van der Waals surface area (Å²) in [4.78, 5) is 30.3. The summed E-state index contributed by atoms with van der Waals surface area (Å²) in [6.45, 7) is 0.148. The molecule has 1 N–H and O–H groups in total. The van der Waals surface area contributed by atoms with Crippen molar-refractivity contribution < 1.29 is 14.8 Å². The van der Waals surface area contributed by atoms with Gasteiger partial charge < -0.3 is 5.21 Å². The number of fused-ring (bicyclic) bond motifs is 1. The maximum absolute atomic E-state index is 12.5. The Morgan fingerprint density at radius 2 is 1.56 bits per heavy atom. The van der Waals surface area contributed by atoms with E-state index in [0.717, 1.165) is 5.56 Å². The fourth-order valence-corrected chi connectivity index (χ4v) is 3.17. The minimum Gasteiger partial charge on any atom is -0.410 e. The molecule has 0 spiro atoms. The van der Waals surface area contributed by atoms with E-state index in [1.54, 1.807) is 67.0 Å². The highest BCUT2D eigenvalue weighted by Gasteiger charge is 2.34. The molecule has 4 rings (SSSR count). The third-order valence-electron chi connectivity index (χ3n) is 4.47. The Balaban J connectivity index is 1.63. The van der Waals surface area contributed by atoms with E-state index in [4.69, 9.17) is 0 Å². The van der Waals surface area contributed by atoms with Gasteiger partial charge in [0.2, 0.25) is 0 Å². The molecule has 0 saturated carbocycles. The molecule has 132 valence electrons. The number of rotatable bonds is 4. The number of hydrogen-bond acceptors (Lipinski definition) is 5. The van der Waals surface area contributed by atoms with Gasteiger partial charge in [0.25, 0.3) is 11.8 Å². The van der Waals surface area contributed by atoms with E-state index in [0.29, 0.717) is 28.0 Å². The minimum absolute atomic E-state index is 0.148. The molecule has 0 radical (unpaired) electrons. The molecule has 6 heteroatoms. The standard InChI is InChI=1S/C21H15N3O3/c25-20-17-6-1-2-7-18(17)21(26)24(20)13-14-4-3-5-16(12-14)19(23-27)15-8-10-22-11-9-15/h1-12,27H,13H2/b23-19-. The average molecular weight is 357 g/mol. The van der Waals surface area contributed by atoms with Crippen molar-refractivity contribution in [3.8, 4) is 0 Å². The van der Waals surface area contributed by atoms with Crippen molar-refractivity contribution in [2.45, 2.75) is 6.54 Å². The molecule has 1 aliphatic heterocycles. The number of carbonyl (C=O) groups is 2. The van der Waals surface area contributed by atoms with Gasteiger partial charge in [-0.2, -0.15) is 0 Å². The summed E-state index contributed by atoms with van der Waals surface area (Å²) >= 11 is 0. The Labute approximate surface area is 155 Å². The fourth-order valence-electron chi connectivity index (χ4n) is 3.17. The Hall–Kier alpha value is -3.80. The molecule has 1 aromatic heterocycles. The monoisotopic (exact) mass is 357 g/mol. The number of amides is 2. The SMILES string of the molecule is O=C1c2ccccc2C(=O)N1Cc1cccc(/C(=N\O)c2ccncc2)c1. The normalized spacial score (nSPS) is 13.8. The molecular formula is C21H15N3O3. The molecule has 0 bridgehead atoms. The molecule has 6 nitrogen and oxygen atoms in total. The van der Waals surface area contributed by atoms with Crippen molar-refractivity contribution in [2.75, 3.05) is 0 Å². The third-order valence-corrected chi connectivity index (χ3v) is 4.47. The molecule has 2 heterocycles. The maximum atomic E-state index is 12.5. The van der Waals surface area contributed by atoms with Gasteiger partial charge in [-0.25, -0.2) is 0 Å². The number of nitrogens with zero attached hydrogens (tertiary/aromatic N) is 3. The molecule has 0 unspecified atom stereocenters. The highest BCUT2D eigenvalue weighted by atomic mass is 16.4. The van der Waals surface area contributed by atoms with E-state index < -0.39 is 0 Å². The van der Waals surface area contributed by atoms with Gasteiger partial charge >= 0.3 is 0 Å². The van der Waals surface area contributed by atoms with Crippen LogP contribution < -0.4 is 0 Å². The Bertz CT molecular complexity index is 1030. The van der Waals surface area contributed by atoms with E-state index in [1.165, 1.54) is 4.90 Å². The van der Waals surface area contributed by atoms with Gasteiger partial charge in [-0.15, -0.1) is 0 Å². The van der Waals surface area contributed by atoms with Gasteiger partial charge in [-0.1, -0.05) is 35.5 Å². The van der Waals surface area contributed by atoms with Crippen molar-refractivity contribution in [3.05, 3.63) is 101 Å². The van der Waals surface area contributed by atoms with Crippen LogP contribution in [0.3, 0.4) is 0 Å². The Morgan fingerprint density at radius 1 is 0.889 bits per heavy atom. The van der Waals surface area contributed by atoms with Crippen LogP contribution in [0.15, 0.2) is 78.2 Å². The number of aromatic nitrogens is 1. The lowest BCUT2D eigenvalue weighted by Gasteiger charge is -2.15. The van der Waals surface area contributed by atoms with E-state index in [1.807, 2.05) is 6.07 Å². The van der Waals surface area contributed by atoms with Crippen molar-refractivity contribution in [1.82, 2.24) is 9.88 Å². The van der Waals surface area contributed by atoms with E-state index in [-0.39, 0.29) is 18.4 Å². The van der Waals surface area contributed by atoms with E-state index in [2.05, 4.69) is 10.1 Å². The van der Waals surface area contributed by atoms with Crippen molar-refractivity contribution in [2.24, 2.45) is 5.16 Å². The first-order valence-corrected chi connectivity index (χ1v) is 8.36. The van der Waals surface area contributed by atoms with Crippen LogP contribution in [0.2, 0.25) is 0 Å². The summed E-state index contributed by atoms with van der Waals surface area (Å²) in [5.41, 5.74) is 3.39. The van der Waals surface area contributed by atoms with Gasteiger partial charge in [0.1, 0.15) is 5.71 Å². The maximum Gasteiger partial charge on any atom is 0.261 e. The van der Waals surface area contributed by atoms with Gasteiger partial charge in [0, 0.05) is 23.5 Å². The van der Waals surface area contributed by atoms with Crippen LogP contribution in [0.1, 0.15) is 37.4 Å². The third kappa shape index (κ3) is 2.97. The summed E-state index contributed by atoms with van der Waals surface area (Å²) in [5.74, 6) is -0.600. The zero-order valence-electron chi connectivity index (χ0n) is 14.2. The Morgan fingerprint density at radius 3 is 2.19 bits per heavy atom. The quantitative estimate of drug-likeness (QED) is 0.337. The molecule has 1 aliphatic rings. The lowest BCUT2D eigenvalue weighted by atomic mass is 10.0. The molecular weight excluding hydrogens is 342 g/mol. The molecule has 0 atom stereocenters. The molecule has 27 heavy (non-hydrogen) atoms. The van der Waals surface area contributed by atoms with Gasteiger partial charge in [0.15, 0.2) is 0 Å². The molecule has 2 aromatic carbocycles. The lowest BCUT2D eigenvalue weighted by Crippen LogP contribution is -2.29. The van der Waals surface area contributed by atoms with Crippen molar-refractivity contribution in [1.29, 1.82) is 0 Å². The second kappa shape index (κ2) is 6.84. The zero-order valence-corrected chi connectivity index (χ0v) is 14.2. The summed E-state index contributed by atoms with van der Waals surface area (Å²) in [5, 5.41) is 12.9. The number of carbonyl (C=O) groups excluding carboxylic acids is 2. The second-order valence-corrected chi connectivity index (χ2v) is 6.13. The highest BCUT2D eigenvalue weighted by molar-refractivity contribution is 6.21. The Kier molecular flexibility index (Phi) is 4.22.